The second-order valence-corrected chi connectivity index (χ2v) is 3.35. The predicted molar refractivity (Wildman–Crippen MR) is 55.0 cm³/mol. The van der Waals surface area contributed by atoms with Crippen molar-refractivity contribution in [1.82, 2.24) is 10.2 Å². The molecule has 0 atom stereocenters. The Hall–Kier alpha value is -1.35. The lowest BCUT2D eigenvalue weighted by atomic mass is 10.3. The first-order chi connectivity index (χ1) is 8.29. The van der Waals surface area contributed by atoms with Crippen LogP contribution in [0.5, 0.6) is 0 Å². The molecule has 1 rings (SSSR count). The van der Waals surface area contributed by atoms with Crippen LogP contribution >= 0.6 is 0 Å². The molecule has 2 N–H and O–H groups in total. The Morgan fingerprint density at radius 2 is 2.11 bits per heavy atom. The molecule has 0 radical (unpaired) electrons. The van der Waals surface area contributed by atoms with Crippen LogP contribution in [0.4, 0.5) is 13.2 Å². The lowest BCUT2D eigenvalue weighted by molar-refractivity contribution is -0.192. The summed E-state index contributed by atoms with van der Waals surface area (Å²) in [5, 5.41) is 10.1. The van der Waals surface area contributed by atoms with Crippen LogP contribution in [0, 0.1) is 0 Å². The summed E-state index contributed by atoms with van der Waals surface area (Å²) in [6.45, 7) is 3.53. The van der Waals surface area contributed by atoms with Gasteiger partial charge in [0.05, 0.1) is 13.2 Å². The summed E-state index contributed by atoms with van der Waals surface area (Å²) in [4.78, 5) is 21.8. The molecule has 0 bridgehead atoms. The fourth-order valence-corrected chi connectivity index (χ4v) is 1.08. The average Bonchev–Trinajstić information content (AvgIpc) is 2.27. The number of nitrogens with zero attached hydrogens (tertiary/aromatic N) is 1. The summed E-state index contributed by atoms with van der Waals surface area (Å²) in [5.41, 5.74) is 0. The van der Waals surface area contributed by atoms with Crippen molar-refractivity contribution in [2.75, 3.05) is 39.9 Å². The number of amides is 1. The van der Waals surface area contributed by atoms with Gasteiger partial charge in [0.1, 0.15) is 0 Å². The van der Waals surface area contributed by atoms with Crippen LogP contribution in [0.3, 0.4) is 0 Å². The van der Waals surface area contributed by atoms with Crippen molar-refractivity contribution in [2.24, 2.45) is 0 Å². The maximum absolute atomic E-state index is 11.1. The number of carboxylic acid groups (broad SMARTS) is 1. The molecular weight excluding hydrogens is 257 g/mol. The Bertz CT molecular complexity index is 283. The van der Waals surface area contributed by atoms with E-state index in [1.807, 2.05) is 4.90 Å². The van der Waals surface area contributed by atoms with Gasteiger partial charge in [0, 0.05) is 26.7 Å². The zero-order chi connectivity index (χ0) is 14.2. The van der Waals surface area contributed by atoms with Crippen LogP contribution in [0.1, 0.15) is 0 Å². The van der Waals surface area contributed by atoms with Gasteiger partial charge in [-0.25, -0.2) is 4.79 Å². The van der Waals surface area contributed by atoms with E-state index in [1.54, 1.807) is 7.11 Å². The van der Waals surface area contributed by atoms with Gasteiger partial charge in [-0.3, -0.25) is 4.79 Å². The molecule has 0 unspecified atom stereocenters. The summed E-state index contributed by atoms with van der Waals surface area (Å²) >= 11 is 0. The molecule has 1 amide bonds. The van der Waals surface area contributed by atoms with Gasteiger partial charge < -0.3 is 20.1 Å². The van der Waals surface area contributed by atoms with Crippen molar-refractivity contribution < 1.29 is 32.6 Å². The van der Waals surface area contributed by atoms with Gasteiger partial charge in [-0.05, 0) is 0 Å². The molecule has 0 spiro atoms. The molecule has 0 aromatic carbocycles. The van der Waals surface area contributed by atoms with Crippen molar-refractivity contribution in [3.05, 3.63) is 0 Å². The lowest BCUT2D eigenvalue weighted by Gasteiger charge is -2.26. The molecule has 6 nitrogen and oxygen atoms in total. The van der Waals surface area contributed by atoms with Gasteiger partial charge in [0.15, 0.2) is 0 Å². The highest BCUT2D eigenvalue weighted by Gasteiger charge is 2.38. The number of hydrogen-bond donors (Lipinski definition) is 2. The topological polar surface area (TPSA) is 78.9 Å². The molecule has 1 aliphatic heterocycles. The van der Waals surface area contributed by atoms with Gasteiger partial charge in [-0.1, -0.05) is 0 Å². The lowest BCUT2D eigenvalue weighted by Crippen LogP contribution is -2.48. The zero-order valence-corrected chi connectivity index (χ0v) is 9.79. The molecule has 9 heteroatoms. The van der Waals surface area contributed by atoms with E-state index in [0.29, 0.717) is 13.2 Å². The summed E-state index contributed by atoms with van der Waals surface area (Å²) in [7, 11) is 1.65. The van der Waals surface area contributed by atoms with Gasteiger partial charge in [-0.15, -0.1) is 0 Å². The number of aliphatic carboxylic acids is 1. The smallest absolute Gasteiger partial charge is 0.475 e. The number of methoxy groups -OCH3 is 1. The van der Waals surface area contributed by atoms with E-state index >= 15 is 0 Å². The fraction of sp³-hybridized carbons (Fsp3) is 0.778. The Labute approximate surface area is 102 Å². The van der Waals surface area contributed by atoms with Crippen molar-refractivity contribution in [1.29, 1.82) is 0 Å². The van der Waals surface area contributed by atoms with Crippen LogP contribution < -0.4 is 5.32 Å². The molecule has 106 valence electrons. The van der Waals surface area contributed by atoms with Gasteiger partial charge >= 0.3 is 12.1 Å². The Kier molecular flexibility index (Phi) is 7.29. The van der Waals surface area contributed by atoms with Crippen molar-refractivity contribution in [3.8, 4) is 0 Å². The third kappa shape index (κ3) is 7.07. The average molecular weight is 272 g/mol. The van der Waals surface area contributed by atoms with Crippen LogP contribution in [-0.4, -0.2) is 68.0 Å². The van der Waals surface area contributed by atoms with Crippen LogP contribution in [0.25, 0.3) is 0 Å². The number of carboxylic acids is 1. The van der Waals surface area contributed by atoms with E-state index in [1.165, 1.54) is 0 Å². The Morgan fingerprint density at radius 3 is 2.50 bits per heavy atom. The standard InChI is InChI=1S/C7H14N2O2.C2HF3O2/c1-11-5-4-9-3-2-8-6-7(9)10;3-2(4,5)1(6)7/h8H,2-6H2,1H3;(H,6,7). The highest BCUT2D eigenvalue weighted by Crippen LogP contribution is 2.13. The zero-order valence-electron chi connectivity index (χ0n) is 9.79. The van der Waals surface area contributed by atoms with Crippen molar-refractivity contribution >= 4 is 11.9 Å². The first kappa shape index (κ1) is 16.6. The highest BCUT2D eigenvalue weighted by molar-refractivity contribution is 5.78. The van der Waals surface area contributed by atoms with Crippen LogP contribution in [-0.2, 0) is 14.3 Å². The molecule has 1 heterocycles. The Morgan fingerprint density at radius 1 is 1.56 bits per heavy atom. The van der Waals surface area contributed by atoms with Crippen molar-refractivity contribution in [2.45, 2.75) is 6.18 Å². The number of halogens is 3. The number of alkyl halides is 3. The number of hydrogen-bond acceptors (Lipinski definition) is 4. The third-order valence-corrected chi connectivity index (χ3v) is 2.00. The number of carbonyl (C=O) groups is 2. The largest absolute Gasteiger partial charge is 0.490 e. The minimum atomic E-state index is -5.08. The van der Waals surface area contributed by atoms with Crippen LogP contribution in [0.2, 0.25) is 0 Å². The molecule has 1 saturated heterocycles. The fourth-order valence-electron chi connectivity index (χ4n) is 1.08. The Balaban J connectivity index is 0.000000360. The van der Waals surface area contributed by atoms with E-state index < -0.39 is 12.1 Å². The molecule has 1 fully saturated rings. The SMILES string of the molecule is COCCN1CCNCC1=O.O=C(O)C(F)(F)F. The first-order valence-corrected chi connectivity index (χ1v) is 5.06. The molecule has 0 aliphatic carbocycles. The van der Waals surface area contributed by atoms with Gasteiger partial charge in [-0.2, -0.15) is 13.2 Å². The van der Waals surface area contributed by atoms with Gasteiger partial charge in [0.25, 0.3) is 0 Å². The molecular formula is C9H15F3N2O4. The summed E-state index contributed by atoms with van der Waals surface area (Å²) in [6, 6.07) is 0. The second kappa shape index (κ2) is 7.88. The van der Waals surface area contributed by atoms with Crippen LogP contribution in [0.15, 0.2) is 0 Å². The number of piperazine rings is 1. The molecule has 0 aromatic heterocycles. The normalized spacial score (nSPS) is 16.0. The quantitative estimate of drug-likeness (QED) is 0.737. The third-order valence-electron chi connectivity index (χ3n) is 2.00. The second-order valence-electron chi connectivity index (χ2n) is 3.35. The molecule has 18 heavy (non-hydrogen) atoms. The maximum atomic E-state index is 11.1. The molecule has 1 aliphatic rings. The summed E-state index contributed by atoms with van der Waals surface area (Å²) in [5.74, 6) is -2.58. The monoisotopic (exact) mass is 272 g/mol. The number of ether oxygens (including phenoxy) is 1. The predicted octanol–water partition coefficient (Wildman–Crippen LogP) is -0.302. The minimum absolute atomic E-state index is 0.174. The molecule has 0 aromatic rings. The van der Waals surface area contributed by atoms with E-state index in [-0.39, 0.29) is 5.91 Å². The number of rotatable bonds is 3. The van der Waals surface area contributed by atoms with E-state index in [9.17, 15) is 18.0 Å². The number of carbonyl (C=O) groups excluding carboxylic acids is 1. The first-order valence-electron chi connectivity index (χ1n) is 5.06. The van der Waals surface area contributed by atoms with Gasteiger partial charge in [0.2, 0.25) is 5.91 Å². The summed E-state index contributed by atoms with van der Waals surface area (Å²) in [6.07, 6.45) is -5.08. The van der Waals surface area contributed by atoms with E-state index in [4.69, 9.17) is 14.6 Å². The minimum Gasteiger partial charge on any atom is -0.475 e. The summed E-state index contributed by atoms with van der Waals surface area (Å²) < 4.78 is 36.6. The van der Waals surface area contributed by atoms with Crippen molar-refractivity contribution in [3.63, 3.8) is 0 Å². The highest BCUT2D eigenvalue weighted by atomic mass is 19.4. The molecule has 0 saturated carbocycles. The maximum Gasteiger partial charge on any atom is 0.490 e. The number of nitrogens with one attached hydrogen (secondary N) is 1. The van der Waals surface area contributed by atoms with E-state index in [2.05, 4.69) is 5.32 Å². The van der Waals surface area contributed by atoms with E-state index in [0.717, 1.165) is 19.6 Å².